The summed E-state index contributed by atoms with van der Waals surface area (Å²) in [6.07, 6.45) is -2.68. The molecule has 2 aromatic carbocycles. The first-order chi connectivity index (χ1) is 16.1. The highest BCUT2D eigenvalue weighted by molar-refractivity contribution is 5.84. The van der Waals surface area contributed by atoms with E-state index in [0.29, 0.717) is 12.8 Å². The number of hydrogen-bond acceptors (Lipinski definition) is 6. The summed E-state index contributed by atoms with van der Waals surface area (Å²) in [7, 11) is 0. The molecule has 2 aromatic rings. The Hall–Kier alpha value is -2.98. The van der Waals surface area contributed by atoms with E-state index in [1.807, 2.05) is 60.7 Å². The van der Waals surface area contributed by atoms with Crippen molar-refractivity contribution in [3.05, 3.63) is 71.8 Å². The summed E-state index contributed by atoms with van der Waals surface area (Å²) in [5, 5.41) is 48.5. The summed E-state index contributed by atoms with van der Waals surface area (Å²) in [5.74, 6) is -0.610. The summed E-state index contributed by atoms with van der Waals surface area (Å²) >= 11 is 0. The number of rotatable bonds is 13. The van der Waals surface area contributed by atoms with Crippen molar-refractivity contribution >= 4 is 12.0 Å². The Kier molecular flexibility index (Phi) is 10.5. The summed E-state index contributed by atoms with van der Waals surface area (Å²) in [4.78, 5) is 23.5. The quantitative estimate of drug-likeness (QED) is 0.226. The SMILES string of the molecule is CC(C)(O)C(=O)N[C@@H](Cc1ccccc1)C(O)CNC[C@@H](O)[C@H](Cc1ccccc1)NC(=O)O. The Balaban J connectivity index is 1.98. The fourth-order valence-electron chi connectivity index (χ4n) is 3.47. The minimum atomic E-state index is -1.61. The standard InChI is InChI=1S/C25H35N3O6/c1-25(2,34)23(31)27-19(13-17-9-5-3-6-10-17)21(29)15-26-16-22(30)20(28-24(32)33)14-18-11-7-4-8-12-18/h3-12,19-22,26,28-30,34H,13-16H2,1-2H3,(H,27,31)(H,32,33)/t19-,20-,21?,22+/m0/s1. The summed E-state index contributed by atoms with van der Waals surface area (Å²) in [6, 6.07) is 17.1. The molecule has 2 amide bonds. The van der Waals surface area contributed by atoms with Crippen LogP contribution in [0.5, 0.6) is 0 Å². The van der Waals surface area contributed by atoms with Gasteiger partial charge in [0.05, 0.1) is 24.3 Å². The maximum atomic E-state index is 12.3. The predicted molar refractivity (Wildman–Crippen MR) is 128 cm³/mol. The third kappa shape index (κ3) is 9.48. The molecular formula is C25H35N3O6. The topological polar surface area (TPSA) is 151 Å². The number of aliphatic hydroxyl groups is 3. The molecule has 0 radical (unpaired) electrons. The van der Waals surface area contributed by atoms with E-state index >= 15 is 0 Å². The van der Waals surface area contributed by atoms with Gasteiger partial charge in [-0.05, 0) is 37.8 Å². The van der Waals surface area contributed by atoms with Crippen molar-refractivity contribution in [3.63, 3.8) is 0 Å². The van der Waals surface area contributed by atoms with Crippen LogP contribution in [0.25, 0.3) is 0 Å². The third-order valence-electron chi connectivity index (χ3n) is 5.41. The molecular weight excluding hydrogens is 438 g/mol. The Morgan fingerprint density at radius 2 is 1.21 bits per heavy atom. The molecule has 0 spiro atoms. The van der Waals surface area contributed by atoms with Gasteiger partial charge in [0, 0.05) is 13.1 Å². The summed E-state index contributed by atoms with van der Waals surface area (Å²) in [6.45, 7) is 2.79. The first-order valence-electron chi connectivity index (χ1n) is 11.2. The van der Waals surface area contributed by atoms with Gasteiger partial charge in [0.1, 0.15) is 5.60 Å². The summed E-state index contributed by atoms with van der Waals surface area (Å²) < 4.78 is 0. The summed E-state index contributed by atoms with van der Waals surface area (Å²) in [5.41, 5.74) is 0.166. The van der Waals surface area contributed by atoms with Crippen LogP contribution in [0.2, 0.25) is 0 Å². The van der Waals surface area contributed by atoms with Gasteiger partial charge in [0.15, 0.2) is 0 Å². The van der Waals surface area contributed by atoms with E-state index in [2.05, 4.69) is 16.0 Å². The lowest BCUT2D eigenvalue weighted by Crippen LogP contribution is -2.55. The fraction of sp³-hybridized carbons (Fsp3) is 0.440. The number of aliphatic hydroxyl groups excluding tert-OH is 2. The number of nitrogens with one attached hydrogen (secondary N) is 3. The van der Waals surface area contributed by atoms with Crippen LogP contribution in [-0.4, -0.2) is 75.4 Å². The van der Waals surface area contributed by atoms with Crippen LogP contribution in [0.4, 0.5) is 4.79 Å². The van der Waals surface area contributed by atoms with E-state index in [1.165, 1.54) is 13.8 Å². The van der Waals surface area contributed by atoms with Crippen molar-refractivity contribution in [3.8, 4) is 0 Å². The van der Waals surface area contributed by atoms with Gasteiger partial charge in [-0.3, -0.25) is 4.79 Å². The van der Waals surface area contributed by atoms with Crippen molar-refractivity contribution in [2.45, 2.75) is 56.6 Å². The lowest BCUT2D eigenvalue weighted by Gasteiger charge is -2.29. The molecule has 186 valence electrons. The van der Waals surface area contributed by atoms with Crippen LogP contribution >= 0.6 is 0 Å². The monoisotopic (exact) mass is 473 g/mol. The maximum Gasteiger partial charge on any atom is 0.404 e. The smallest absolute Gasteiger partial charge is 0.404 e. The zero-order chi connectivity index (χ0) is 25.1. The molecule has 9 nitrogen and oxygen atoms in total. The predicted octanol–water partition coefficient (Wildman–Crippen LogP) is 0.675. The van der Waals surface area contributed by atoms with Crippen LogP contribution in [0.1, 0.15) is 25.0 Å². The number of carbonyl (C=O) groups is 2. The van der Waals surface area contributed by atoms with Crippen molar-refractivity contribution in [1.29, 1.82) is 0 Å². The van der Waals surface area contributed by atoms with Gasteiger partial charge >= 0.3 is 6.09 Å². The molecule has 0 bridgehead atoms. The highest BCUT2D eigenvalue weighted by Gasteiger charge is 2.29. The molecule has 7 N–H and O–H groups in total. The average Bonchev–Trinajstić information content (AvgIpc) is 2.78. The highest BCUT2D eigenvalue weighted by atomic mass is 16.4. The second-order valence-electron chi connectivity index (χ2n) is 8.87. The van der Waals surface area contributed by atoms with Crippen LogP contribution in [0.15, 0.2) is 60.7 Å². The molecule has 0 fully saturated rings. The Labute approximate surface area is 199 Å². The molecule has 0 aliphatic carbocycles. The fourth-order valence-corrected chi connectivity index (χ4v) is 3.47. The highest BCUT2D eigenvalue weighted by Crippen LogP contribution is 2.10. The number of amides is 2. The largest absolute Gasteiger partial charge is 0.465 e. The molecule has 4 atom stereocenters. The molecule has 0 aliphatic heterocycles. The molecule has 0 aliphatic rings. The van der Waals surface area contributed by atoms with E-state index in [9.17, 15) is 24.9 Å². The minimum Gasteiger partial charge on any atom is -0.465 e. The van der Waals surface area contributed by atoms with Gasteiger partial charge in [0.2, 0.25) is 0 Å². The van der Waals surface area contributed by atoms with Crippen LogP contribution in [-0.2, 0) is 17.6 Å². The van der Waals surface area contributed by atoms with E-state index < -0.39 is 41.9 Å². The number of carbonyl (C=O) groups excluding carboxylic acids is 1. The van der Waals surface area contributed by atoms with Crippen molar-refractivity contribution in [2.75, 3.05) is 13.1 Å². The average molecular weight is 474 g/mol. The molecule has 0 aromatic heterocycles. The van der Waals surface area contributed by atoms with Gasteiger partial charge in [-0.2, -0.15) is 0 Å². The maximum absolute atomic E-state index is 12.3. The Bertz CT molecular complexity index is 889. The van der Waals surface area contributed by atoms with Crippen molar-refractivity contribution < 1.29 is 30.0 Å². The van der Waals surface area contributed by atoms with Gasteiger partial charge in [-0.1, -0.05) is 60.7 Å². The molecule has 34 heavy (non-hydrogen) atoms. The van der Waals surface area contributed by atoms with Gasteiger partial charge in [0.25, 0.3) is 5.91 Å². The lowest BCUT2D eigenvalue weighted by atomic mass is 9.99. The lowest BCUT2D eigenvalue weighted by molar-refractivity contribution is -0.138. The molecule has 0 saturated heterocycles. The second-order valence-corrected chi connectivity index (χ2v) is 8.87. The second kappa shape index (κ2) is 13.0. The molecule has 1 unspecified atom stereocenters. The van der Waals surface area contributed by atoms with Crippen LogP contribution in [0, 0.1) is 0 Å². The number of carboxylic acid groups (broad SMARTS) is 1. The number of benzene rings is 2. The normalized spacial score (nSPS) is 15.1. The Morgan fingerprint density at radius 1 is 0.794 bits per heavy atom. The van der Waals surface area contributed by atoms with Crippen LogP contribution < -0.4 is 16.0 Å². The molecule has 9 heteroatoms. The molecule has 0 saturated carbocycles. The van der Waals surface area contributed by atoms with Crippen molar-refractivity contribution in [1.82, 2.24) is 16.0 Å². The van der Waals surface area contributed by atoms with E-state index in [-0.39, 0.29) is 13.1 Å². The van der Waals surface area contributed by atoms with Crippen LogP contribution in [0.3, 0.4) is 0 Å². The third-order valence-corrected chi connectivity index (χ3v) is 5.41. The molecule has 0 heterocycles. The number of hydrogen-bond donors (Lipinski definition) is 7. The minimum absolute atomic E-state index is 0.0202. The first kappa shape index (κ1) is 27.3. The molecule has 2 rings (SSSR count). The van der Waals surface area contributed by atoms with E-state index in [1.54, 1.807) is 0 Å². The van der Waals surface area contributed by atoms with E-state index in [0.717, 1.165) is 11.1 Å². The van der Waals surface area contributed by atoms with Gasteiger partial charge in [-0.25, -0.2) is 4.79 Å². The first-order valence-corrected chi connectivity index (χ1v) is 11.2. The van der Waals surface area contributed by atoms with Gasteiger partial charge < -0.3 is 36.4 Å². The zero-order valence-corrected chi connectivity index (χ0v) is 19.5. The zero-order valence-electron chi connectivity index (χ0n) is 19.5. The van der Waals surface area contributed by atoms with Crippen molar-refractivity contribution in [2.24, 2.45) is 0 Å². The van der Waals surface area contributed by atoms with E-state index in [4.69, 9.17) is 5.11 Å². The van der Waals surface area contributed by atoms with Gasteiger partial charge in [-0.15, -0.1) is 0 Å². The Morgan fingerprint density at radius 3 is 1.59 bits per heavy atom.